The number of ether oxygens (including phenoxy) is 2. The third kappa shape index (κ3) is 4.97. The predicted molar refractivity (Wildman–Crippen MR) is 132 cm³/mol. The van der Waals surface area contributed by atoms with Crippen molar-refractivity contribution in [2.45, 2.75) is 22.9 Å². The van der Waals surface area contributed by atoms with Crippen LogP contribution < -0.4 is 20.1 Å². The van der Waals surface area contributed by atoms with Crippen LogP contribution in [0.15, 0.2) is 70.5 Å². The number of aromatic nitrogens is 2. The van der Waals surface area contributed by atoms with Crippen molar-refractivity contribution in [3.8, 4) is 11.5 Å². The molecule has 0 saturated heterocycles. The van der Waals surface area contributed by atoms with Crippen molar-refractivity contribution in [1.82, 2.24) is 9.97 Å². The second-order valence-electron chi connectivity index (χ2n) is 7.20. The van der Waals surface area contributed by atoms with Gasteiger partial charge in [-0.15, -0.1) is 0 Å². The lowest BCUT2D eigenvalue weighted by molar-refractivity contribution is 0.279. The van der Waals surface area contributed by atoms with Crippen LogP contribution in [-0.4, -0.2) is 36.3 Å². The molecule has 0 atom stereocenters. The summed E-state index contributed by atoms with van der Waals surface area (Å²) in [6.07, 6.45) is 0. The van der Waals surface area contributed by atoms with Gasteiger partial charge in [0.05, 0.1) is 26.3 Å². The van der Waals surface area contributed by atoms with Crippen molar-refractivity contribution in [1.29, 1.82) is 0 Å². The first-order valence-corrected chi connectivity index (χ1v) is 11.3. The molecule has 0 aliphatic rings. The summed E-state index contributed by atoms with van der Waals surface area (Å²) in [4.78, 5) is 11.5. The fraction of sp³-hybridized carbons (Fsp3) is 0.200. The summed E-state index contributed by atoms with van der Waals surface area (Å²) in [7, 11) is 5.04. The van der Waals surface area contributed by atoms with Crippen LogP contribution in [0.3, 0.4) is 0 Å². The van der Waals surface area contributed by atoms with E-state index in [1.165, 1.54) is 0 Å². The Kier molecular flexibility index (Phi) is 7.16. The van der Waals surface area contributed by atoms with Crippen LogP contribution in [0.25, 0.3) is 10.9 Å². The average molecular weight is 463 g/mol. The number of benzene rings is 3. The molecule has 8 heteroatoms. The quantitative estimate of drug-likeness (QED) is 0.322. The minimum Gasteiger partial charge on any atom is -0.493 e. The van der Waals surface area contributed by atoms with E-state index in [2.05, 4.69) is 32.7 Å². The van der Waals surface area contributed by atoms with Gasteiger partial charge in [0.15, 0.2) is 11.5 Å². The number of hydrogen-bond donors (Lipinski definition) is 3. The molecule has 0 radical (unpaired) electrons. The highest BCUT2D eigenvalue weighted by atomic mass is 32.2. The van der Waals surface area contributed by atoms with E-state index >= 15 is 0 Å². The molecule has 0 aliphatic heterocycles. The maximum Gasteiger partial charge on any atom is 0.225 e. The zero-order valence-corrected chi connectivity index (χ0v) is 19.6. The number of aliphatic hydroxyl groups is 1. The maximum absolute atomic E-state index is 9.66. The smallest absolute Gasteiger partial charge is 0.225 e. The maximum atomic E-state index is 9.66. The van der Waals surface area contributed by atoms with E-state index in [9.17, 15) is 5.11 Å². The number of anilines is 2. The van der Waals surface area contributed by atoms with E-state index < -0.39 is 0 Å². The van der Waals surface area contributed by atoms with Crippen molar-refractivity contribution >= 4 is 34.4 Å². The van der Waals surface area contributed by atoms with Crippen LogP contribution in [0.4, 0.5) is 11.8 Å². The molecule has 0 bridgehead atoms. The number of nitrogens with zero attached hydrogens (tertiary/aromatic N) is 2. The Morgan fingerprint density at radius 3 is 2.18 bits per heavy atom. The number of nitrogens with one attached hydrogen (secondary N) is 2. The Bertz CT molecular complexity index is 1270. The molecule has 0 unspecified atom stereocenters. The van der Waals surface area contributed by atoms with Gasteiger partial charge in [-0.3, -0.25) is 0 Å². The lowest BCUT2D eigenvalue weighted by Crippen LogP contribution is -2.07. The summed E-state index contributed by atoms with van der Waals surface area (Å²) < 4.78 is 10.8. The van der Waals surface area contributed by atoms with E-state index in [0.29, 0.717) is 29.8 Å². The molecule has 0 aliphatic carbocycles. The Morgan fingerprint density at radius 2 is 1.52 bits per heavy atom. The van der Waals surface area contributed by atoms with Crippen molar-refractivity contribution in [3.05, 3.63) is 71.8 Å². The topological polar surface area (TPSA) is 88.5 Å². The Balaban J connectivity index is 1.61. The summed E-state index contributed by atoms with van der Waals surface area (Å²) in [5.41, 5.74) is 2.76. The molecular weight excluding hydrogens is 436 g/mol. The van der Waals surface area contributed by atoms with Crippen LogP contribution >= 0.6 is 11.8 Å². The molecule has 0 amide bonds. The van der Waals surface area contributed by atoms with Gasteiger partial charge >= 0.3 is 0 Å². The van der Waals surface area contributed by atoms with Crippen molar-refractivity contribution in [3.63, 3.8) is 0 Å². The number of hydrogen-bond acceptors (Lipinski definition) is 8. The van der Waals surface area contributed by atoms with E-state index in [1.54, 1.807) is 26.0 Å². The van der Waals surface area contributed by atoms with Crippen molar-refractivity contribution in [2.75, 3.05) is 31.9 Å². The monoisotopic (exact) mass is 462 g/mol. The van der Waals surface area contributed by atoms with Gasteiger partial charge in [0.1, 0.15) is 5.82 Å². The normalized spacial score (nSPS) is 10.8. The molecular formula is C25H26N4O3S. The molecule has 1 aromatic heterocycles. The highest BCUT2D eigenvalue weighted by Gasteiger charge is 2.13. The zero-order valence-electron chi connectivity index (χ0n) is 18.8. The highest BCUT2D eigenvalue weighted by Crippen LogP contribution is 2.35. The molecule has 0 spiro atoms. The van der Waals surface area contributed by atoms with Gasteiger partial charge in [0, 0.05) is 34.8 Å². The van der Waals surface area contributed by atoms with Gasteiger partial charge in [0.2, 0.25) is 5.95 Å². The molecule has 0 fully saturated rings. The summed E-state index contributed by atoms with van der Waals surface area (Å²) in [5, 5.41) is 17.0. The molecule has 4 rings (SSSR count). The van der Waals surface area contributed by atoms with E-state index in [1.807, 2.05) is 55.6 Å². The molecule has 4 aromatic rings. The molecule has 33 heavy (non-hydrogen) atoms. The first-order valence-electron chi connectivity index (χ1n) is 10.5. The first kappa shape index (κ1) is 22.7. The zero-order chi connectivity index (χ0) is 23.2. The molecule has 3 aromatic carbocycles. The van der Waals surface area contributed by atoms with Gasteiger partial charge < -0.3 is 25.2 Å². The van der Waals surface area contributed by atoms with Gasteiger partial charge in [-0.2, -0.15) is 4.98 Å². The molecule has 170 valence electrons. The lowest BCUT2D eigenvalue weighted by Gasteiger charge is -2.14. The molecule has 7 nitrogen and oxygen atoms in total. The van der Waals surface area contributed by atoms with Crippen LogP contribution in [0.2, 0.25) is 0 Å². The van der Waals surface area contributed by atoms with Crippen LogP contribution in [0.1, 0.15) is 11.1 Å². The van der Waals surface area contributed by atoms with Crippen LogP contribution in [0.5, 0.6) is 11.5 Å². The van der Waals surface area contributed by atoms with Gasteiger partial charge in [-0.25, -0.2) is 4.98 Å². The molecule has 3 N–H and O–H groups in total. The summed E-state index contributed by atoms with van der Waals surface area (Å²) >= 11 is 1.64. The second kappa shape index (κ2) is 10.4. The van der Waals surface area contributed by atoms with E-state index in [0.717, 1.165) is 31.8 Å². The average Bonchev–Trinajstić information content (AvgIpc) is 2.87. The fourth-order valence-corrected chi connectivity index (χ4v) is 4.57. The van der Waals surface area contributed by atoms with Crippen LogP contribution in [0, 0.1) is 0 Å². The van der Waals surface area contributed by atoms with E-state index in [4.69, 9.17) is 9.47 Å². The summed E-state index contributed by atoms with van der Waals surface area (Å²) in [6, 6.07) is 19.8. The highest BCUT2D eigenvalue weighted by molar-refractivity contribution is 7.99. The Labute approximate surface area is 197 Å². The summed E-state index contributed by atoms with van der Waals surface area (Å²) in [5.74, 6) is 2.44. The predicted octanol–water partition coefficient (Wildman–Crippen LogP) is 4.94. The second-order valence-corrected chi connectivity index (χ2v) is 8.28. The first-order chi connectivity index (χ1) is 16.2. The molecule has 0 saturated carbocycles. The lowest BCUT2D eigenvalue weighted by atomic mass is 10.2. The number of fused-ring (bicyclic) bond motifs is 1. The minimum atomic E-state index is 0.00949. The van der Waals surface area contributed by atoms with Gasteiger partial charge in [-0.1, -0.05) is 48.2 Å². The Morgan fingerprint density at radius 1 is 0.879 bits per heavy atom. The molecule has 1 heterocycles. The number of aliphatic hydroxyl groups excluding tert-OH is 1. The minimum absolute atomic E-state index is 0.00949. The third-order valence-corrected chi connectivity index (χ3v) is 6.45. The largest absolute Gasteiger partial charge is 0.493 e. The fourth-order valence-electron chi connectivity index (χ4n) is 3.50. The van der Waals surface area contributed by atoms with Crippen molar-refractivity contribution in [2.24, 2.45) is 0 Å². The number of rotatable bonds is 9. The van der Waals surface area contributed by atoms with Gasteiger partial charge in [-0.05, 0) is 29.3 Å². The third-order valence-electron chi connectivity index (χ3n) is 5.21. The van der Waals surface area contributed by atoms with Crippen molar-refractivity contribution < 1.29 is 14.6 Å². The standard InChI is InChI=1S/C25H26N4O3S/c1-26-24-18-12-20(31-2)21(32-3)13-19(18)28-25(29-24)27-14-16-8-4-6-10-22(16)33-23-11-7-5-9-17(23)15-30/h4-13,30H,14-15H2,1-3H3,(H2,26,27,28,29). The van der Waals surface area contributed by atoms with Crippen LogP contribution in [-0.2, 0) is 13.2 Å². The van der Waals surface area contributed by atoms with Gasteiger partial charge in [0.25, 0.3) is 0 Å². The van der Waals surface area contributed by atoms with E-state index in [-0.39, 0.29) is 6.61 Å². The SMILES string of the molecule is CNc1nc(NCc2ccccc2Sc2ccccc2CO)nc2cc(OC)c(OC)cc12. The Hall–Kier alpha value is -3.49. The number of methoxy groups -OCH3 is 2. The summed E-state index contributed by atoms with van der Waals surface area (Å²) in [6.45, 7) is 0.558.